The average molecular weight is 398 g/mol. The zero-order valence-corrected chi connectivity index (χ0v) is 15.0. The monoisotopic (exact) mass is 398 g/mol. The van der Waals surface area contributed by atoms with E-state index < -0.39 is 22.7 Å². The number of nitrogens with one attached hydrogen (secondary N) is 2. The van der Waals surface area contributed by atoms with Gasteiger partial charge < -0.3 is 5.32 Å². The lowest BCUT2D eigenvalue weighted by Gasteiger charge is -2.10. The second kappa shape index (κ2) is 7.32. The summed E-state index contributed by atoms with van der Waals surface area (Å²) in [6.45, 7) is -1.65. The summed E-state index contributed by atoms with van der Waals surface area (Å²) >= 11 is 0. The minimum absolute atomic E-state index is 0.317. The van der Waals surface area contributed by atoms with Crippen LogP contribution < -0.4 is 10.0 Å². The number of rotatable bonds is 5. The van der Waals surface area contributed by atoms with Crippen LogP contribution >= 0.6 is 0 Å². The molecule has 0 fully saturated rings. The highest BCUT2D eigenvalue weighted by Crippen LogP contribution is 2.23. The molecular weight excluding hydrogens is 381 g/mol. The molecule has 0 saturated carbocycles. The third-order valence-corrected chi connectivity index (χ3v) is 5.66. The van der Waals surface area contributed by atoms with Gasteiger partial charge in [0.25, 0.3) is 5.91 Å². The Morgan fingerprint density at radius 3 is 2.33 bits per heavy atom. The van der Waals surface area contributed by atoms with Gasteiger partial charge in [-0.3, -0.25) is 4.79 Å². The van der Waals surface area contributed by atoms with Gasteiger partial charge in [0, 0.05) is 11.3 Å². The lowest BCUT2D eigenvalue weighted by atomic mass is 10.1. The molecule has 0 radical (unpaired) electrons. The van der Waals surface area contributed by atoms with E-state index in [1.807, 2.05) is 12.1 Å². The Balaban J connectivity index is 1.68. The van der Waals surface area contributed by atoms with E-state index in [0.29, 0.717) is 11.3 Å². The van der Waals surface area contributed by atoms with E-state index in [0.717, 1.165) is 37.0 Å². The van der Waals surface area contributed by atoms with Crippen LogP contribution in [0.1, 0.15) is 27.9 Å². The van der Waals surface area contributed by atoms with Crippen LogP contribution in [0.2, 0.25) is 0 Å². The summed E-state index contributed by atoms with van der Waals surface area (Å²) in [5, 5.41) is 2.65. The van der Waals surface area contributed by atoms with Crippen LogP contribution in [0.4, 0.5) is 18.9 Å². The molecule has 0 unspecified atom stereocenters. The first-order chi connectivity index (χ1) is 12.6. The van der Waals surface area contributed by atoms with Gasteiger partial charge in [0.05, 0.1) is 4.90 Å². The van der Waals surface area contributed by atoms with E-state index in [1.54, 1.807) is 6.07 Å². The highest BCUT2D eigenvalue weighted by molar-refractivity contribution is 7.89. The Morgan fingerprint density at radius 2 is 1.67 bits per heavy atom. The summed E-state index contributed by atoms with van der Waals surface area (Å²) in [4.78, 5) is 12.0. The van der Waals surface area contributed by atoms with E-state index in [9.17, 15) is 26.4 Å². The number of sulfonamides is 1. The summed E-state index contributed by atoms with van der Waals surface area (Å²) in [7, 11) is -4.28. The molecule has 0 aliphatic heterocycles. The number of carbonyl (C=O) groups excluding carboxylic acids is 1. The minimum Gasteiger partial charge on any atom is -0.322 e. The van der Waals surface area contributed by atoms with Crippen molar-refractivity contribution in [3.8, 4) is 0 Å². The fourth-order valence-electron chi connectivity index (χ4n) is 2.89. The van der Waals surface area contributed by atoms with Crippen LogP contribution in [-0.4, -0.2) is 27.0 Å². The van der Waals surface area contributed by atoms with Gasteiger partial charge in [-0.05, 0) is 66.8 Å². The maximum Gasteiger partial charge on any atom is 0.402 e. The lowest BCUT2D eigenvalue weighted by molar-refractivity contribution is -0.121. The second-order valence-electron chi connectivity index (χ2n) is 6.26. The molecule has 0 atom stereocenters. The van der Waals surface area contributed by atoms with Crippen LogP contribution in [-0.2, 0) is 22.9 Å². The molecule has 1 amide bonds. The zero-order valence-electron chi connectivity index (χ0n) is 14.1. The number of fused-ring (bicyclic) bond motifs is 1. The zero-order chi connectivity index (χ0) is 19.7. The first-order valence-corrected chi connectivity index (χ1v) is 9.72. The van der Waals surface area contributed by atoms with Crippen molar-refractivity contribution < 1.29 is 26.4 Å². The summed E-state index contributed by atoms with van der Waals surface area (Å²) in [5.74, 6) is -0.337. The van der Waals surface area contributed by atoms with Crippen molar-refractivity contribution in [2.24, 2.45) is 0 Å². The third-order valence-electron chi connectivity index (χ3n) is 4.25. The Kier molecular flexibility index (Phi) is 5.25. The number of hydrogen-bond acceptors (Lipinski definition) is 3. The Morgan fingerprint density at radius 1 is 1.00 bits per heavy atom. The molecule has 0 spiro atoms. The number of hydrogen-bond donors (Lipinski definition) is 2. The van der Waals surface area contributed by atoms with Gasteiger partial charge in [0.1, 0.15) is 6.54 Å². The Hall–Kier alpha value is -2.39. The van der Waals surface area contributed by atoms with Gasteiger partial charge >= 0.3 is 6.18 Å². The number of alkyl halides is 3. The first kappa shape index (κ1) is 19.4. The summed E-state index contributed by atoms with van der Waals surface area (Å²) in [6.07, 6.45) is -1.63. The fourth-order valence-corrected chi connectivity index (χ4v) is 3.91. The summed E-state index contributed by atoms with van der Waals surface area (Å²) in [6, 6.07) is 10.4. The molecular formula is C18H17F3N2O3S. The third kappa shape index (κ3) is 4.86. The van der Waals surface area contributed by atoms with Crippen LogP contribution in [0.5, 0.6) is 0 Å². The van der Waals surface area contributed by atoms with E-state index in [4.69, 9.17) is 0 Å². The standard InChI is InChI=1S/C18H17F3N2O3S/c19-18(20,21)11-22-27(25,26)16-8-6-15(7-9-16)23-17(24)14-5-4-12-2-1-3-13(12)10-14/h4-10,22H,1-3,11H2,(H,23,24). The molecule has 3 rings (SSSR count). The molecule has 9 heteroatoms. The molecule has 0 heterocycles. The van der Waals surface area contributed by atoms with Gasteiger partial charge in [-0.1, -0.05) is 6.07 Å². The number of amides is 1. The normalized spacial score (nSPS) is 14.0. The smallest absolute Gasteiger partial charge is 0.322 e. The predicted molar refractivity (Wildman–Crippen MR) is 94.1 cm³/mol. The van der Waals surface area contributed by atoms with Crippen molar-refractivity contribution >= 4 is 21.6 Å². The molecule has 1 aliphatic rings. The van der Waals surface area contributed by atoms with Gasteiger partial charge in [0.15, 0.2) is 0 Å². The van der Waals surface area contributed by atoms with Crippen molar-refractivity contribution in [1.82, 2.24) is 4.72 Å². The van der Waals surface area contributed by atoms with Crippen LogP contribution in [0.25, 0.3) is 0 Å². The highest BCUT2D eigenvalue weighted by atomic mass is 32.2. The molecule has 2 aromatic rings. The number of halogens is 3. The molecule has 0 aromatic heterocycles. The average Bonchev–Trinajstić information content (AvgIpc) is 3.08. The lowest BCUT2D eigenvalue weighted by Crippen LogP contribution is -2.33. The Bertz CT molecular complexity index is 955. The van der Waals surface area contributed by atoms with E-state index in [1.165, 1.54) is 22.4 Å². The first-order valence-electron chi connectivity index (χ1n) is 8.24. The fraction of sp³-hybridized carbons (Fsp3) is 0.278. The van der Waals surface area contributed by atoms with Gasteiger partial charge in [-0.2, -0.15) is 13.2 Å². The molecule has 2 N–H and O–H groups in total. The van der Waals surface area contributed by atoms with Gasteiger partial charge in [-0.15, -0.1) is 0 Å². The van der Waals surface area contributed by atoms with Gasteiger partial charge in [-0.25, -0.2) is 13.1 Å². The number of anilines is 1. The maximum atomic E-state index is 12.3. The van der Waals surface area contributed by atoms with E-state index >= 15 is 0 Å². The van der Waals surface area contributed by atoms with Crippen molar-refractivity contribution in [3.05, 3.63) is 59.2 Å². The molecule has 2 aromatic carbocycles. The summed E-state index contributed by atoms with van der Waals surface area (Å²) < 4.78 is 61.7. The van der Waals surface area contributed by atoms with Crippen LogP contribution in [0.15, 0.2) is 47.4 Å². The molecule has 0 bridgehead atoms. The molecule has 0 saturated heterocycles. The maximum absolute atomic E-state index is 12.3. The summed E-state index contributed by atoms with van der Waals surface area (Å²) in [5.41, 5.74) is 3.24. The second-order valence-corrected chi connectivity index (χ2v) is 8.02. The molecule has 27 heavy (non-hydrogen) atoms. The SMILES string of the molecule is O=C(Nc1ccc(S(=O)(=O)NCC(F)(F)F)cc1)c1ccc2c(c1)CCC2. The molecule has 5 nitrogen and oxygen atoms in total. The van der Waals surface area contributed by atoms with E-state index in [2.05, 4.69) is 5.32 Å². The number of aryl methyl sites for hydroxylation is 2. The van der Waals surface area contributed by atoms with Crippen molar-refractivity contribution in [1.29, 1.82) is 0 Å². The molecule has 144 valence electrons. The van der Waals surface area contributed by atoms with Crippen molar-refractivity contribution in [3.63, 3.8) is 0 Å². The predicted octanol–water partition coefficient (Wildman–Crippen LogP) is 3.27. The van der Waals surface area contributed by atoms with Crippen molar-refractivity contribution in [2.75, 3.05) is 11.9 Å². The van der Waals surface area contributed by atoms with Gasteiger partial charge in [0.2, 0.25) is 10.0 Å². The van der Waals surface area contributed by atoms with Crippen LogP contribution in [0.3, 0.4) is 0 Å². The van der Waals surface area contributed by atoms with Crippen molar-refractivity contribution in [2.45, 2.75) is 30.3 Å². The topological polar surface area (TPSA) is 75.3 Å². The minimum atomic E-state index is -4.64. The Labute approximate surface area is 154 Å². The largest absolute Gasteiger partial charge is 0.402 e. The number of carbonyl (C=O) groups is 1. The quantitative estimate of drug-likeness (QED) is 0.812. The molecule has 1 aliphatic carbocycles. The number of benzene rings is 2. The van der Waals surface area contributed by atoms with E-state index in [-0.39, 0.29) is 10.8 Å². The highest BCUT2D eigenvalue weighted by Gasteiger charge is 2.30. The van der Waals surface area contributed by atoms with Crippen LogP contribution in [0, 0.1) is 0 Å².